The van der Waals surface area contributed by atoms with E-state index < -0.39 is 25.4 Å². The molecule has 41 heavy (non-hydrogen) atoms. The van der Waals surface area contributed by atoms with Crippen LogP contribution in [0.5, 0.6) is 0 Å². The van der Waals surface area contributed by atoms with E-state index in [-0.39, 0.29) is 56.6 Å². The number of ether oxygens (including phenoxy) is 1. The summed E-state index contributed by atoms with van der Waals surface area (Å²) in [5.41, 5.74) is -0.814. The van der Waals surface area contributed by atoms with Crippen molar-refractivity contribution in [3.8, 4) is 6.07 Å². The van der Waals surface area contributed by atoms with E-state index >= 15 is 0 Å². The molecule has 5 aliphatic rings. The summed E-state index contributed by atoms with van der Waals surface area (Å²) in [4.78, 5) is 46.0. The highest BCUT2D eigenvalue weighted by Gasteiger charge is 2.69. The number of carbonyl (C=O) groups excluding carboxylic acids is 2. The molecule has 3 saturated carbocycles. The zero-order valence-electron chi connectivity index (χ0n) is 25.6. The van der Waals surface area contributed by atoms with Crippen LogP contribution >= 0.6 is 7.82 Å². The SMILES string of the molecule is CC1(C)CC[C@]2(COCOP(=O)(O)O)CC[C@]3(C)[C@H](C(=O)C=C4[C@@]5(C)C=C(C#N)C(=O)C(C)(C)[C@@H]5CC[C@]43C)C2C1. The highest BCUT2D eigenvalue weighted by molar-refractivity contribution is 7.46. The molecule has 7 atom stereocenters. The van der Waals surface area contributed by atoms with Crippen molar-refractivity contribution in [3.63, 3.8) is 0 Å². The Labute approximate surface area is 244 Å². The largest absolute Gasteiger partial charge is 0.471 e. The molecule has 0 aromatic carbocycles. The molecule has 0 aromatic rings. The first-order chi connectivity index (χ1) is 18.8. The van der Waals surface area contributed by atoms with E-state index in [1.165, 1.54) is 0 Å². The number of rotatable bonds is 5. The van der Waals surface area contributed by atoms with Crippen molar-refractivity contribution in [1.29, 1.82) is 5.26 Å². The van der Waals surface area contributed by atoms with Crippen LogP contribution in [0.2, 0.25) is 0 Å². The van der Waals surface area contributed by atoms with E-state index in [9.17, 15) is 19.4 Å². The second-order valence-electron chi connectivity index (χ2n) is 15.7. The zero-order valence-corrected chi connectivity index (χ0v) is 26.5. The third-order valence-corrected chi connectivity index (χ3v) is 13.2. The van der Waals surface area contributed by atoms with Crippen molar-refractivity contribution in [1.82, 2.24) is 0 Å². The number of hydrogen-bond acceptors (Lipinski definition) is 6. The summed E-state index contributed by atoms with van der Waals surface area (Å²) in [5, 5.41) is 9.90. The average molecular weight is 588 g/mol. The Balaban J connectivity index is 1.58. The lowest BCUT2D eigenvalue weighted by Crippen LogP contribution is -2.65. The first kappa shape index (κ1) is 30.8. The quantitative estimate of drug-likeness (QED) is 0.218. The number of carbonyl (C=O) groups is 2. The molecular formula is C32H46NO7P. The van der Waals surface area contributed by atoms with E-state index in [1.807, 2.05) is 26.0 Å². The van der Waals surface area contributed by atoms with Gasteiger partial charge < -0.3 is 14.5 Å². The van der Waals surface area contributed by atoms with Gasteiger partial charge in [-0.05, 0) is 84.5 Å². The van der Waals surface area contributed by atoms with Crippen molar-refractivity contribution >= 4 is 19.4 Å². The predicted molar refractivity (Wildman–Crippen MR) is 153 cm³/mol. The summed E-state index contributed by atoms with van der Waals surface area (Å²) in [7, 11) is -4.64. The molecule has 9 heteroatoms. The van der Waals surface area contributed by atoms with Gasteiger partial charge in [0.05, 0.1) is 12.2 Å². The smallest absolute Gasteiger partial charge is 0.354 e. The Morgan fingerprint density at radius 3 is 2.32 bits per heavy atom. The number of nitrogens with zero attached hydrogens (tertiary/aromatic N) is 1. The molecular weight excluding hydrogens is 541 g/mol. The minimum Gasteiger partial charge on any atom is -0.354 e. The molecule has 226 valence electrons. The number of phosphoric acid groups is 1. The molecule has 3 fully saturated rings. The topological polar surface area (TPSA) is 134 Å². The summed E-state index contributed by atoms with van der Waals surface area (Å²) in [6, 6.07) is 2.16. The molecule has 1 unspecified atom stereocenters. The van der Waals surface area contributed by atoms with Crippen molar-refractivity contribution in [2.45, 2.75) is 93.4 Å². The lowest BCUT2D eigenvalue weighted by atomic mass is 9.34. The van der Waals surface area contributed by atoms with Gasteiger partial charge in [-0.2, -0.15) is 5.26 Å². The summed E-state index contributed by atoms with van der Waals surface area (Å²) >= 11 is 0. The molecule has 0 aromatic heterocycles. The standard InChI is InChI=1S/C32H46NO7P/c1-27(2)10-12-32(18-39-19-40-41(36,37)38)13-11-31(7)25(21(32)16-27)22(34)14-24-29(5)15-20(17-33)26(35)28(3,4)23(29)8-9-30(24,31)6/h14-15,21,23,25H,8-13,16,18-19H2,1-7H3,(H2,36,37,38)/t21?,23-,25-,29-,30+,31+,32+/m0/s1. The molecule has 8 nitrogen and oxygen atoms in total. The van der Waals surface area contributed by atoms with Crippen LogP contribution in [0, 0.1) is 61.6 Å². The molecule has 5 rings (SSSR count). The Morgan fingerprint density at radius 1 is 1.02 bits per heavy atom. The number of nitriles is 1. The van der Waals surface area contributed by atoms with Crippen molar-refractivity contribution < 1.29 is 33.2 Å². The molecule has 0 spiro atoms. The maximum absolute atomic E-state index is 14.5. The van der Waals surface area contributed by atoms with Gasteiger partial charge in [-0.15, -0.1) is 0 Å². The summed E-state index contributed by atoms with van der Waals surface area (Å²) in [6.45, 7) is 15.0. The van der Waals surface area contributed by atoms with Gasteiger partial charge in [0.15, 0.2) is 18.4 Å². The van der Waals surface area contributed by atoms with Gasteiger partial charge in [0.1, 0.15) is 6.07 Å². The lowest BCUT2D eigenvalue weighted by Gasteiger charge is -2.69. The van der Waals surface area contributed by atoms with Crippen molar-refractivity contribution in [2.24, 2.45) is 50.2 Å². The van der Waals surface area contributed by atoms with Crippen LogP contribution in [0.25, 0.3) is 0 Å². The van der Waals surface area contributed by atoms with Gasteiger partial charge in [-0.25, -0.2) is 4.57 Å². The maximum atomic E-state index is 14.5. The Bertz CT molecular complexity index is 1320. The van der Waals surface area contributed by atoms with Gasteiger partial charge in [-0.3, -0.25) is 14.1 Å². The summed E-state index contributed by atoms with van der Waals surface area (Å²) in [5.74, 6) is -0.129. The molecule has 2 N–H and O–H groups in total. The number of Topliss-reactive ketones (excluding diaryl/α,β-unsaturated/α-hetero) is 1. The number of fused-ring (bicyclic) bond motifs is 7. The predicted octanol–water partition coefficient (Wildman–Crippen LogP) is 6.29. The van der Waals surface area contributed by atoms with Crippen molar-refractivity contribution in [2.75, 3.05) is 13.4 Å². The summed E-state index contributed by atoms with van der Waals surface area (Å²) < 4.78 is 21.6. The third-order valence-electron chi connectivity index (χ3n) is 12.7. The van der Waals surface area contributed by atoms with E-state index in [4.69, 9.17) is 14.5 Å². The van der Waals surface area contributed by atoms with Crippen LogP contribution < -0.4 is 0 Å². The van der Waals surface area contributed by atoms with Gasteiger partial charge in [0, 0.05) is 16.7 Å². The third kappa shape index (κ3) is 4.49. The number of phosphoric ester groups is 1. The fourth-order valence-corrected chi connectivity index (χ4v) is 10.6. The zero-order chi connectivity index (χ0) is 30.4. The first-order valence-electron chi connectivity index (χ1n) is 15.0. The first-order valence-corrected chi connectivity index (χ1v) is 16.5. The lowest BCUT2D eigenvalue weighted by molar-refractivity contribution is -0.186. The number of allylic oxidation sites excluding steroid dienone is 4. The second kappa shape index (κ2) is 9.44. The average Bonchev–Trinajstić information content (AvgIpc) is 2.85. The van der Waals surface area contributed by atoms with E-state index in [0.717, 1.165) is 50.5 Å². The van der Waals surface area contributed by atoms with Crippen LogP contribution in [0.15, 0.2) is 23.3 Å². The van der Waals surface area contributed by atoms with Gasteiger partial charge in [0.25, 0.3) is 0 Å². The molecule has 0 saturated heterocycles. The Morgan fingerprint density at radius 2 is 1.68 bits per heavy atom. The molecule has 0 amide bonds. The second-order valence-corrected chi connectivity index (χ2v) is 16.9. The van der Waals surface area contributed by atoms with Crippen LogP contribution in [0.3, 0.4) is 0 Å². The molecule has 0 radical (unpaired) electrons. The monoisotopic (exact) mass is 587 g/mol. The highest BCUT2D eigenvalue weighted by Crippen LogP contribution is 2.74. The van der Waals surface area contributed by atoms with Crippen LogP contribution in [0.1, 0.15) is 93.4 Å². The van der Waals surface area contributed by atoms with Crippen LogP contribution in [-0.2, 0) is 23.4 Å². The fourth-order valence-electron chi connectivity index (χ4n) is 10.3. The van der Waals surface area contributed by atoms with E-state index in [1.54, 1.807) is 0 Å². The maximum Gasteiger partial charge on any atom is 0.471 e. The minimum atomic E-state index is -4.64. The fraction of sp³-hybridized carbons (Fsp3) is 0.781. The van der Waals surface area contributed by atoms with E-state index in [0.29, 0.717) is 6.61 Å². The molecule has 0 bridgehead atoms. The minimum absolute atomic E-state index is 0.00518. The van der Waals surface area contributed by atoms with Crippen molar-refractivity contribution in [3.05, 3.63) is 23.3 Å². The summed E-state index contributed by atoms with van der Waals surface area (Å²) in [6.07, 6.45) is 9.93. The Hall–Kier alpha value is -1.62. The Kier molecular flexibility index (Phi) is 7.10. The van der Waals surface area contributed by atoms with Gasteiger partial charge in [0.2, 0.25) is 0 Å². The molecule has 0 aliphatic heterocycles. The van der Waals surface area contributed by atoms with Crippen LogP contribution in [0.4, 0.5) is 0 Å². The number of hydrogen-bond donors (Lipinski definition) is 2. The van der Waals surface area contributed by atoms with Crippen LogP contribution in [-0.4, -0.2) is 34.8 Å². The molecule has 0 heterocycles. The number of ketones is 2. The van der Waals surface area contributed by atoms with Gasteiger partial charge in [-0.1, -0.05) is 60.1 Å². The normalized spacial score (nSPS) is 43.0. The highest BCUT2D eigenvalue weighted by atomic mass is 31.2. The van der Waals surface area contributed by atoms with E-state index in [2.05, 4.69) is 45.2 Å². The van der Waals surface area contributed by atoms with Gasteiger partial charge >= 0.3 is 7.82 Å². The molecule has 5 aliphatic carbocycles.